The van der Waals surface area contributed by atoms with Gasteiger partial charge in [-0.15, -0.1) is 0 Å². The summed E-state index contributed by atoms with van der Waals surface area (Å²) in [7, 11) is 0. The number of carbonyl (C=O) groups is 3. The Labute approximate surface area is 215 Å². The summed E-state index contributed by atoms with van der Waals surface area (Å²) in [6, 6.07) is 5.20. The van der Waals surface area contributed by atoms with E-state index in [1.54, 1.807) is 11.0 Å². The van der Waals surface area contributed by atoms with Crippen LogP contribution in [0, 0.1) is 11.8 Å². The molecular formula is C28H42N4O4. The molecule has 0 radical (unpaired) electrons. The fraction of sp³-hybridized carbons (Fsp3) is 0.679. The van der Waals surface area contributed by atoms with Crippen LogP contribution in [-0.2, 0) is 14.3 Å². The Morgan fingerprint density at radius 3 is 2.47 bits per heavy atom. The number of Topliss-reactive ketones (excluding diaryl/α,β-unsaturated/α-hetero) is 1. The van der Waals surface area contributed by atoms with Crippen molar-refractivity contribution in [2.45, 2.75) is 65.0 Å². The Morgan fingerprint density at radius 1 is 1.14 bits per heavy atom. The largest absolute Gasteiger partial charge is 0.369 e. The van der Waals surface area contributed by atoms with Gasteiger partial charge < -0.3 is 20.3 Å². The van der Waals surface area contributed by atoms with Gasteiger partial charge in [-0.2, -0.15) is 0 Å². The lowest BCUT2D eigenvalue weighted by molar-refractivity contribution is -0.138. The van der Waals surface area contributed by atoms with Gasteiger partial charge in [0, 0.05) is 49.9 Å². The van der Waals surface area contributed by atoms with Crippen molar-refractivity contribution in [3.8, 4) is 0 Å². The lowest BCUT2D eigenvalue weighted by atomic mass is 9.85. The van der Waals surface area contributed by atoms with E-state index in [1.807, 2.05) is 12.1 Å². The molecule has 0 aliphatic carbocycles. The predicted octanol–water partition coefficient (Wildman–Crippen LogP) is 2.65. The van der Waals surface area contributed by atoms with E-state index in [0.29, 0.717) is 24.1 Å². The number of rotatable bonds is 9. The van der Waals surface area contributed by atoms with Crippen molar-refractivity contribution in [3.63, 3.8) is 0 Å². The van der Waals surface area contributed by atoms with Gasteiger partial charge in [-0.25, -0.2) is 0 Å². The van der Waals surface area contributed by atoms with E-state index in [0.717, 1.165) is 51.3 Å². The van der Waals surface area contributed by atoms with Crippen molar-refractivity contribution in [2.24, 2.45) is 17.6 Å². The van der Waals surface area contributed by atoms with Crippen LogP contribution >= 0.6 is 0 Å². The first kappa shape index (κ1) is 26.6. The second-order valence-electron chi connectivity index (χ2n) is 11.0. The molecule has 0 saturated carbocycles. The number of ketones is 1. The molecule has 1 aromatic carbocycles. The average Bonchev–Trinajstić information content (AvgIpc) is 3.42. The summed E-state index contributed by atoms with van der Waals surface area (Å²) >= 11 is 0. The van der Waals surface area contributed by atoms with E-state index >= 15 is 0 Å². The highest BCUT2D eigenvalue weighted by Gasteiger charge is 2.52. The number of hydrogen-bond acceptors (Lipinski definition) is 6. The molecule has 3 aliphatic heterocycles. The van der Waals surface area contributed by atoms with Gasteiger partial charge in [-0.3, -0.25) is 19.3 Å². The second-order valence-corrected chi connectivity index (χ2v) is 11.0. The summed E-state index contributed by atoms with van der Waals surface area (Å²) < 4.78 is 5.80. The number of nitrogens with zero attached hydrogens (tertiary/aromatic N) is 3. The van der Waals surface area contributed by atoms with Crippen LogP contribution in [0.15, 0.2) is 18.2 Å². The number of primary amides is 1. The molecule has 3 saturated heterocycles. The summed E-state index contributed by atoms with van der Waals surface area (Å²) in [6.45, 7) is 13.9. The third-order valence-electron chi connectivity index (χ3n) is 8.06. The highest BCUT2D eigenvalue weighted by Crippen LogP contribution is 2.38. The van der Waals surface area contributed by atoms with E-state index in [1.165, 1.54) is 0 Å². The van der Waals surface area contributed by atoms with Crippen LogP contribution in [0.25, 0.3) is 0 Å². The van der Waals surface area contributed by atoms with E-state index in [9.17, 15) is 14.4 Å². The van der Waals surface area contributed by atoms with Crippen LogP contribution in [0.5, 0.6) is 0 Å². The first-order valence-corrected chi connectivity index (χ1v) is 13.6. The Balaban J connectivity index is 1.67. The van der Waals surface area contributed by atoms with Crippen molar-refractivity contribution in [2.75, 3.05) is 50.8 Å². The van der Waals surface area contributed by atoms with Crippen LogP contribution in [0.1, 0.15) is 68.8 Å². The monoisotopic (exact) mass is 498 g/mol. The predicted molar refractivity (Wildman–Crippen MR) is 140 cm³/mol. The van der Waals surface area contributed by atoms with Gasteiger partial charge in [0.25, 0.3) is 0 Å². The number of likely N-dealkylation sites (tertiary alicyclic amines) is 1. The molecule has 0 unspecified atom stereocenters. The van der Waals surface area contributed by atoms with E-state index in [2.05, 4.69) is 37.5 Å². The van der Waals surface area contributed by atoms with Gasteiger partial charge in [0.2, 0.25) is 11.8 Å². The zero-order valence-electron chi connectivity index (χ0n) is 22.2. The van der Waals surface area contributed by atoms with Gasteiger partial charge in [0.05, 0.1) is 12.0 Å². The molecule has 198 valence electrons. The minimum absolute atomic E-state index is 0.0265. The van der Waals surface area contributed by atoms with Crippen LogP contribution < -0.4 is 10.6 Å². The van der Waals surface area contributed by atoms with Crippen LogP contribution in [0.4, 0.5) is 5.69 Å². The number of nitrogens with two attached hydrogens (primary N) is 1. The van der Waals surface area contributed by atoms with Crippen molar-refractivity contribution < 1.29 is 19.1 Å². The number of anilines is 1. The molecule has 0 spiro atoms. The number of amides is 2. The SMILES string of the molecule is CCCN1CCN(c2ccc(C(N)=O)c([C@H](CC(C)C)C(=O)N3C[C@H](CC)[C@H]4OCC(=O)[C@H]43)c2)CC1. The lowest BCUT2D eigenvalue weighted by Gasteiger charge is -2.36. The maximum Gasteiger partial charge on any atom is 0.249 e. The second kappa shape index (κ2) is 11.3. The maximum atomic E-state index is 14.2. The Bertz CT molecular complexity index is 972. The third kappa shape index (κ3) is 5.30. The number of fused-ring (bicyclic) bond motifs is 1. The van der Waals surface area contributed by atoms with Gasteiger partial charge in [0.1, 0.15) is 12.6 Å². The van der Waals surface area contributed by atoms with Gasteiger partial charge >= 0.3 is 0 Å². The highest BCUT2D eigenvalue weighted by molar-refractivity contribution is 5.99. The van der Waals surface area contributed by atoms with Crippen molar-refractivity contribution in [3.05, 3.63) is 29.3 Å². The van der Waals surface area contributed by atoms with Crippen molar-refractivity contribution in [1.29, 1.82) is 0 Å². The summed E-state index contributed by atoms with van der Waals surface area (Å²) in [5, 5.41) is 0. The number of benzene rings is 1. The van der Waals surface area contributed by atoms with Crippen LogP contribution in [0.3, 0.4) is 0 Å². The van der Waals surface area contributed by atoms with E-state index in [4.69, 9.17) is 10.5 Å². The van der Waals surface area contributed by atoms with Crippen molar-refractivity contribution >= 4 is 23.3 Å². The molecule has 36 heavy (non-hydrogen) atoms. The zero-order valence-corrected chi connectivity index (χ0v) is 22.2. The Kier molecular flexibility index (Phi) is 8.35. The zero-order chi connectivity index (χ0) is 26.0. The summed E-state index contributed by atoms with van der Waals surface area (Å²) in [5.74, 6) is -0.832. The van der Waals surface area contributed by atoms with Crippen LogP contribution in [0.2, 0.25) is 0 Å². The minimum atomic E-state index is -0.543. The van der Waals surface area contributed by atoms with Crippen molar-refractivity contribution in [1.82, 2.24) is 9.80 Å². The molecule has 2 amide bonds. The molecule has 1 aromatic rings. The minimum Gasteiger partial charge on any atom is -0.369 e. The van der Waals surface area contributed by atoms with Gasteiger partial charge in [-0.1, -0.05) is 27.7 Å². The highest BCUT2D eigenvalue weighted by atomic mass is 16.5. The quantitative estimate of drug-likeness (QED) is 0.562. The first-order valence-electron chi connectivity index (χ1n) is 13.6. The average molecular weight is 499 g/mol. The molecule has 0 bridgehead atoms. The normalized spacial score (nSPS) is 25.5. The number of ether oxygens (including phenoxy) is 1. The fourth-order valence-electron chi connectivity index (χ4n) is 6.18. The van der Waals surface area contributed by atoms with Gasteiger partial charge in [-0.05, 0) is 55.5 Å². The summed E-state index contributed by atoms with van der Waals surface area (Å²) in [6.07, 6.45) is 2.33. The standard InChI is InChI=1S/C28H42N4O4/c1-5-9-30-10-12-31(13-11-30)20-7-8-21(27(29)34)22(15-20)23(14-18(3)4)28(35)32-16-19(6-2)26-25(32)24(33)17-36-26/h7-8,15,18-19,23,25-26H,5-6,9-14,16-17H2,1-4H3,(H2,29,34)/t19-,23-,25+,26+/m0/s1. The molecule has 3 fully saturated rings. The van der Waals surface area contributed by atoms with Crippen LogP contribution in [-0.4, -0.2) is 85.4 Å². The fourth-order valence-corrected chi connectivity index (χ4v) is 6.18. The summed E-state index contributed by atoms with van der Waals surface area (Å²) in [5.41, 5.74) is 7.89. The summed E-state index contributed by atoms with van der Waals surface area (Å²) in [4.78, 5) is 45.9. The molecule has 0 aromatic heterocycles. The maximum absolute atomic E-state index is 14.2. The first-order chi connectivity index (χ1) is 17.2. The van der Waals surface area contributed by atoms with E-state index in [-0.39, 0.29) is 36.2 Å². The third-order valence-corrected chi connectivity index (χ3v) is 8.06. The Morgan fingerprint density at radius 2 is 1.86 bits per heavy atom. The molecule has 2 N–H and O–H groups in total. The molecule has 3 heterocycles. The smallest absolute Gasteiger partial charge is 0.249 e. The topological polar surface area (TPSA) is 96.2 Å². The number of carbonyl (C=O) groups excluding carboxylic acids is 3. The molecule has 4 rings (SSSR count). The molecular weight excluding hydrogens is 456 g/mol. The molecule has 3 aliphatic rings. The lowest BCUT2D eigenvalue weighted by Crippen LogP contribution is -2.46. The van der Waals surface area contributed by atoms with Gasteiger partial charge in [0.15, 0.2) is 5.78 Å². The number of hydrogen-bond donors (Lipinski definition) is 1. The Hall–Kier alpha value is -2.45. The molecule has 8 heteroatoms. The van der Waals surface area contributed by atoms with E-state index < -0.39 is 17.9 Å². The molecule has 4 atom stereocenters. The number of piperazine rings is 1. The molecule has 8 nitrogen and oxygen atoms in total.